The number of rotatable bonds is 16. The van der Waals surface area contributed by atoms with Crippen molar-refractivity contribution in [3.63, 3.8) is 0 Å². The zero-order valence-corrected chi connectivity index (χ0v) is 21.7. The van der Waals surface area contributed by atoms with E-state index in [9.17, 15) is 4.79 Å². The van der Waals surface area contributed by atoms with Crippen LogP contribution in [-0.2, 0) is 6.42 Å². The van der Waals surface area contributed by atoms with Crippen LogP contribution in [-0.4, -0.2) is 12.6 Å². The number of aryl methyl sites for hydroxylation is 1. The number of unbranched alkanes of at least 4 members (excludes halogenated alkanes) is 7. The van der Waals surface area contributed by atoms with E-state index in [1.165, 1.54) is 50.5 Å². The van der Waals surface area contributed by atoms with Crippen LogP contribution in [0.25, 0.3) is 11.1 Å². The standard InChI is InChI=1S/C33H40O3/c1-3-5-7-8-9-10-12-26-35-31-22-24-32(25-23-31)36-33(34)30-20-18-29(19-21-30)28-16-14-27(15-17-28)13-11-6-4-2/h3,14-25H,1,4-13,26H2,2H3. The third-order valence-corrected chi connectivity index (χ3v) is 6.33. The van der Waals surface area contributed by atoms with Crippen molar-refractivity contribution >= 4 is 5.97 Å². The van der Waals surface area contributed by atoms with E-state index in [2.05, 4.69) is 37.8 Å². The Hall–Kier alpha value is -3.33. The number of allylic oxidation sites excluding steroid dienone is 1. The van der Waals surface area contributed by atoms with Crippen LogP contribution in [0.15, 0.2) is 85.5 Å². The van der Waals surface area contributed by atoms with E-state index in [-0.39, 0.29) is 5.97 Å². The van der Waals surface area contributed by atoms with Crippen molar-refractivity contribution in [1.82, 2.24) is 0 Å². The van der Waals surface area contributed by atoms with Gasteiger partial charge in [0.15, 0.2) is 0 Å². The van der Waals surface area contributed by atoms with Gasteiger partial charge in [-0.2, -0.15) is 0 Å². The second-order valence-electron chi connectivity index (χ2n) is 9.29. The second-order valence-corrected chi connectivity index (χ2v) is 9.29. The highest BCUT2D eigenvalue weighted by Gasteiger charge is 2.09. The van der Waals surface area contributed by atoms with Crippen LogP contribution >= 0.6 is 0 Å². The number of carbonyl (C=O) groups excluding carboxylic acids is 1. The Morgan fingerprint density at radius 3 is 2.00 bits per heavy atom. The molecule has 3 aromatic carbocycles. The van der Waals surface area contributed by atoms with Crippen molar-refractivity contribution in [1.29, 1.82) is 0 Å². The number of carbonyl (C=O) groups is 1. The monoisotopic (exact) mass is 484 g/mol. The van der Waals surface area contributed by atoms with Crippen LogP contribution < -0.4 is 9.47 Å². The molecule has 0 amide bonds. The van der Waals surface area contributed by atoms with E-state index >= 15 is 0 Å². The number of ether oxygens (including phenoxy) is 2. The largest absolute Gasteiger partial charge is 0.494 e. The van der Waals surface area contributed by atoms with Crippen molar-refractivity contribution < 1.29 is 14.3 Å². The van der Waals surface area contributed by atoms with Gasteiger partial charge >= 0.3 is 5.97 Å². The van der Waals surface area contributed by atoms with Gasteiger partial charge in [-0.3, -0.25) is 0 Å². The fourth-order valence-corrected chi connectivity index (χ4v) is 4.12. The summed E-state index contributed by atoms with van der Waals surface area (Å²) in [6.45, 7) is 6.68. The molecule has 3 rings (SSSR count). The van der Waals surface area contributed by atoms with E-state index in [1.807, 2.05) is 42.5 Å². The first kappa shape index (κ1) is 27.3. The zero-order valence-electron chi connectivity index (χ0n) is 21.7. The van der Waals surface area contributed by atoms with E-state index in [0.717, 1.165) is 36.1 Å². The van der Waals surface area contributed by atoms with Gasteiger partial charge in [0.2, 0.25) is 0 Å². The predicted molar refractivity (Wildman–Crippen MR) is 150 cm³/mol. The molecule has 36 heavy (non-hydrogen) atoms. The first-order chi connectivity index (χ1) is 17.7. The lowest BCUT2D eigenvalue weighted by Gasteiger charge is -2.09. The molecule has 0 aliphatic heterocycles. The minimum absolute atomic E-state index is 0.363. The van der Waals surface area contributed by atoms with Gasteiger partial charge in [0.1, 0.15) is 11.5 Å². The summed E-state index contributed by atoms with van der Waals surface area (Å²) < 4.78 is 11.4. The van der Waals surface area contributed by atoms with Gasteiger partial charge in [0, 0.05) is 0 Å². The lowest BCUT2D eigenvalue weighted by atomic mass is 10.0. The van der Waals surface area contributed by atoms with Gasteiger partial charge in [0.25, 0.3) is 0 Å². The Labute approximate surface area is 217 Å². The van der Waals surface area contributed by atoms with Gasteiger partial charge < -0.3 is 9.47 Å². The van der Waals surface area contributed by atoms with Gasteiger partial charge in [-0.25, -0.2) is 4.79 Å². The Kier molecular flexibility index (Phi) is 11.8. The predicted octanol–water partition coefficient (Wildman–Crippen LogP) is 9.21. The van der Waals surface area contributed by atoms with Gasteiger partial charge in [-0.15, -0.1) is 6.58 Å². The lowest BCUT2D eigenvalue weighted by Crippen LogP contribution is -2.08. The maximum absolute atomic E-state index is 12.6. The molecule has 0 aliphatic rings. The fourth-order valence-electron chi connectivity index (χ4n) is 4.12. The first-order valence-corrected chi connectivity index (χ1v) is 13.4. The molecule has 0 saturated carbocycles. The van der Waals surface area contributed by atoms with Crippen LogP contribution in [0.5, 0.6) is 11.5 Å². The van der Waals surface area contributed by atoms with Crippen LogP contribution in [0.4, 0.5) is 0 Å². The number of benzene rings is 3. The molecular weight excluding hydrogens is 444 g/mol. The molecule has 0 heterocycles. The zero-order chi connectivity index (χ0) is 25.4. The molecular formula is C33H40O3. The summed E-state index contributed by atoms with van der Waals surface area (Å²) >= 11 is 0. The van der Waals surface area contributed by atoms with Crippen molar-refractivity contribution in [3.8, 4) is 22.6 Å². The van der Waals surface area contributed by atoms with Gasteiger partial charge in [0.05, 0.1) is 12.2 Å². The minimum atomic E-state index is -0.363. The molecule has 0 bridgehead atoms. The van der Waals surface area contributed by atoms with Crippen LogP contribution in [0, 0.1) is 0 Å². The molecule has 0 spiro atoms. The quantitative estimate of drug-likeness (QED) is 0.0879. The highest BCUT2D eigenvalue weighted by atomic mass is 16.5. The van der Waals surface area contributed by atoms with E-state index in [1.54, 1.807) is 12.1 Å². The average molecular weight is 485 g/mol. The molecule has 0 unspecified atom stereocenters. The van der Waals surface area contributed by atoms with Crippen molar-refractivity contribution in [2.24, 2.45) is 0 Å². The van der Waals surface area contributed by atoms with Crippen molar-refractivity contribution in [3.05, 3.63) is 96.6 Å². The topological polar surface area (TPSA) is 35.5 Å². The van der Waals surface area contributed by atoms with Crippen LogP contribution in [0.1, 0.15) is 80.6 Å². The van der Waals surface area contributed by atoms with Gasteiger partial charge in [-0.05, 0) is 85.2 Å². The Morgan fingerprint density at radius 1 is 0.722 bits per heavy atom. The molecule has 3 heteroatoms. The third kappa shape index (κ3) is 9.37. The summed E-state index contributed by atoms with van der Waals surface area (Å²) in [4.78, 5) is 12.6. The highest BCUT2D eigenvalue weighted by Crippen LogP contribution is 2.23. The SMILES string of the molecule is C=CCCCCCCCOc1ccc(OC(=O)c2ccc(-c3ccc(CCCCC)cc3)cc2)cc1. The molecule has 0 atom stereocenters. The molecule has 0 aliphatic carbocycles. The van der Waals surface area contributed by atoms with Gasteiger partial charge in [-0.1, -0.05) is 81.5 Å². The molecule has 3 aromatic rings. The summed E-state index contributed by atoms with van der Waals surface area (Å²) in [5.74, 6) is 0.942. The van der Waals surface area contributed by atoms with E-state index in [0.29, 0.717) is 17.9 Å². The summed E-state index contributed by atoms with van der Waals surface area (Å²) in [6, 6.07) is 23.5. The van der Waals surface area contributed by atoms with E-state index in [4.69, 9.17) is 9.47 Å². The minimum Gasteiger partial charge on any atom is -0.494 e. The van der Waals surface area contributed by atoms with Crippen LogP contribution in [0.2, 0.25) is 0 Å². The first-order valence-electron chi connectivity index (χ1n) is 13.4. The average Bonchev–Trinajstić information content (AvgIpc) is 2.92. The Morgan fingerprint density at radius 2 is 1.33 bits per heavy atom. The Bertz CT molecular complexity index is 1030. The lowest BCUT2D eigenvalue weighted by molar-refractivity contribution is 0.0734. The number of hydrogen-bond acceptors (Lipinski definition) is 3. The van der Waals surface area contributed by atoms with Crippen molar-refractivity contribution in [2.75, 3.05) is 6.61 Å². The number of esters is 1. The smallest absolute Gasteiger partial charge is 0.343 e. The molecule has 0 fully saturated rings. The Balaban J connectivity index is 1.42. The second kappa shape index (κ2) is 15.6. The molecule has 190 valence electrons. The highest BCUT2D eigenvalue weighted by molar-refractivity contribution is 5.91. The maximum Gasteiger partial charge on any atom is 0.343 e. The molecule has 3 nitrogen and oxygen atoms in total. The van der Waals surface area contributed by atoms with E-state index < -0.39 is 0 Å². The third-order valence-electron chi connectivity index (χ3n) is 6.33. The summed E-state index contributed by atoms with van der Waals surface area (Å²) in [5, 5.41) is 0. The maximum atomic E-state index is 12.6. The molecule has 0 N–H and O–H groups in total. The summed E-state index contributed by atoms with van der Waals surface area (Å²) in [5.41, 5.74) is 4.14. The molecule has 0 saturated heterocycles. The molecule has 0 aromatic heterocycles. The fraction of sp³-hybridized carbons (Fsp3) is 0.364. The number of hydrogen-bond donors (Lipinski definition) is 0. The van der Waals surface area contributed by atoms with Crippen LogP contribution in [0.3, 0.4) is 0 Å². The van der Waals surface area contributed by atoms with Crippen molar-refractivity contribution in [2.45, 2.75) is 71.1 Å². The summed E-state index contributed by atoms with van der Waals surface area (Å²) in [6.07, 6.45) is 13.9. The summed E-state index contributed by atoms with van der Waals surface area (Å²) in [7, 11) is 0. The molecule has 0 radical (unpaired) electrons. The normalized spacial score (nSPS) is 10.7.